The number of esters is 1. The van der Waals surface area contributed by atoms with E-state index in [1.165, 1.54) is 0 Å². The molecule has 0 aromatic carbocycles. The fourth-order valence-corrected chi connectivity index (χ4v) is 1.12. The van der Waals surface area contributed by atoms with Gasteiger partial charge in [0.15, 0.2) is 0 Å². The molecule has 2 nitrogen and oxygen atoms in total. The Hall–Kier alpha value is -0.180. The lowest BCUT2D eigenvalue weighted by molar-refractivity contribution is -0.142. The van der Waals surface area contributed by atoms with Crippen molar-refractivity contribution in [2.45, 2.75) is 26.7 Å². The van der Waals surface area contributed by atoms with Gasteiger partial charge in [0.2, 0.25) is 0 Å². The van der Waals surface area contributed by atoms with E-state index in [2.05, 4.69) is 6.92 Å². The van der Waals surface area contributed by atoms with Crippen molar-refractivity contribution in [1.82, 2.24) is 0 Å². The highest BCUT2D eigenvalue weighted by atomic mass is 32.2. The zero-order chi connectivity index (χ0) is 8.53. The average Bonchev–Trinajstić information content (AvgIpc) is 1.99. The third kappa shape index (κ3) is 7.72. The van der Waals surface area contributed by atoms with Crippen molar-refractivity contribution in [2.75, 3.05) is 18.1 Å². The molecule has 0 aromatic rings. The van der Waals surface area contributed by atoms with E-state index < -0.39 is 0 Å². The molecule has 0 radical (unpaired) electrons. The lowest BCUT2D eigenvalue weighted by Gasteiger charge is -2.01. The standard InChI is InChI=1S/C8H16O2S/c1-3-5-8(9)10-6-7-11-4-2/h3-7H2,1-2H3. The Morgan fingerprint density at radius 1 is 1.45 bits per heavy atom. The van der Waals surface area contributed by atoms with Crippen LogP contribution in [0.4, 0.5) is 0 Å². The van der Waals surface area contributed by atoms with Gasteiger partial charge in [-0.3, -0.25) is 4.79 Å². The highest BCUT2D eigenvalue weighted by Gasteiger charge is 1.98. The van der Waals surface area contributed by atoms with Crippen molar-refractivity contribution in [3.63, 3.8) is 0 Å². The van der Waals surface area contributed by atoms with Crippen molar-refractivity contribution in [3.05, 3.63) is 0 Å². The number of thioether (sulfide) groups is 1. The van der Waals surface area contributed by atoms with E-state index in [0.717, 1.165) is 17.9 Å². The summed E-state index contributed by atoms with van der Waals surface area (Å²) in [6, 6.07) is 0. The molecular formula is C8H16O2S. The monoisotopic (exact) mass is 176 g/mol. The van der Waals surface area contributed by atoms with Gasteiger partial charge in [0, 0.05) is 12.2 Å². The first kappa shape index (κ1) is 10.8. The second-order valence-corrected chi connectivity index (χ2v) is 3.56. The highest BCUT2D eigenvalue weighted by molar-refractivity contribution is 7.99. The number of carbonyl (C=O) groups is 1. The van der Waals surface area contributed by atoms with Crippen LogP contribution in [0.2, 0.25) is 0 Å². The molecule has 0 heterocycles. The van der Waals surface area contributed by atoms with Gasteiger partial charge in [-0.1, -0.05) is 13.8 Å². The molecule has 0 bridgehead atoms. The minimum atomic E-state index is -0.0656. The van der Waals surface area contributed by atoms with Crippen LogP contribution in [0, 0.1) is 0 Å². The molecule has 0 aliphatic rings. The smallest absolute Gasteiger partial charge is 0.305 e. The van der Waals surface area contributed by atoms with Crippen LogP contribution in [0.3, 0.4) is 0 Å². The Morgan fingerprint density at radius 3 is 2.73 bits per heavy atom. The Kier molecular flexibility index (Phi) is 7.79. The predicted molar refractivity (Wildman–Crippen MR) is 48.9 cm³/mol. The van der Waals surface area contributed by atoms with E-state index in [0.29, 0.717) is 13.0 Å². The summed E-state index contributed by atoms with van der Waals surface area (Å²) in [7, 11) is 0. The fourth-order valence-electron chi connectivity index (χ4n) is 0.635. The first-order valence-corrected chi connectivity index (χ1v) is 5.20. The first-order chi connectivity index (χ1) is 5.31. The molecule has 0 unspecified atom stereocenters. The molecule has 0 aromatic heterocycles. The van der Waals surface area contributed by atoms with Crippen molar-refractivity contribution in [1.29, 1.82) is 0 Å². The second-order valence-electron chi connectivity index (χ2n) is 2.17. The van der Waals surface area contributed by atoms with Gasteiger partial charge in [0.25, 0.3) is 0 Å². The fraction of sp³-hybridized carbons (Fsp3) is 0.875. The maximum Gasteiger partial charge on any atom is 0.305 e. The molecule has 0 aliphatic carbocycles. The van der Waals surface area contributed by atoms with Crippen LogP contribution in [0.15, 0.2) is 0 Å². The summed E-state index contributed by atoms with van der Waals surface area (Å²) >= 11 is 1.79. The van der Waals surface area contributed by atoms with Gasteiger partial charge >= 0.3 is 5.97 Å². The van der Waals surface area contributed by atoms with Crippen LogP contribution in [-0.4, -0.2) is 24.1 Å². The lowest BCUT2D eigenvalue weighted by Crippen LogP contribution is -2.06. The van der Waals surface area contributed by atoms with E-state index in [4.69, 9.17) is 4.74 Å². The molecule has 0 atom stereocenters. The minimum absolute atomic E-state index is 0.0656. The normalized spacial score (nSPS) is 9.64. The average molecular weight is 176 g/mol. The molecule has 3 heteroatoms. The van der Waals surface area contributed by atoms with Gasteiger partial charge in [-0.05, 0) is 12.2 Å². The summed E-state index contributed by atoms with van der Waals surface area (Å²) < 4.78 is 4.92. The Labute approximate surface area is 72.7 Å². The second kappa shape index (κ2) is 7.92. The molecule has 0 amide bonds. The van der Waals surface area contributed by atoms with E-state index in [1.54, 1.807) is 11.8 Å². The Bertz CT molecular complexity index is 104. The van der Waals surface area contributed by atoms with Crippen LogP contribution >= 0.6 is 11.8 Å². The molecule has 66 valence electrons. The largest absolute Gasteiger partial charge is 0.465 e. The zero-order valence-corrected chi connectivity index (χ0v) is 8.08. The molecule has 0 fully saturated rings. The number of ether oxygens (including phenoxy) is 1. The summed E-state index contributed by atoms with van der Waals surface area (Å²) in [5, 5.41) is 0. The minimum Gasteiger partial charge on any atom is -0.465 e. The van der Waals surface area contributed by atoms with E-state index in [1.807, 2.05) is 6.92 Å². The van der Waals surface area contributed by atoms with Crippen molar-refractivity contribution >= 4 is 17.7 Å². The summed E-state index contributed by atoms with van der Waals surface area (Å²) in [5.41, 5.74) is 0. The van der Waals surface area contributed by atoms with Crippen molar-refractivity contribution < 1.29 is 9.53 Å². The zero-order valence-electron chi connectivity index (χ0n) is 7.26. The third-order valence-electron chi connectivity index (χ3n) is 1.15. The maximum absolute atomic E-state index is 10.8. The molecule has 0 N–H and O–H groups in total. The van der Waals surface area contributed by atoms with E-state index in [9.17, 15) is 4.79 Å². The molecule has 0 aliphatic heterocycles. The van der Waals surface area contributed by atoms with Gasteiger partial charge in [-0.25, -0.2) is 0 Å². The predicted octanol–water partition coefficient (Wildman–Crippen LogP) is 2.08. The SMILES string of the molecule is CCCC(=O)OCCSCC. The molecule has 0 spiro atoms. The summed E-state index contributed by atoms with van der Waals surface area (Å²) in [6.45, 7) is 4.64. The summed E-state index contributed by atoms with van der Waals surface area (Å²) in [6.07, 6.45) is 1.43. The lowest BCUT2D eigenvalue weighted by atomic mass is 10.3. The quantitative estimate of drug-likeness (QED) is 0.458. The topological polar surface area (TPSA) is 26.3 Å². The van der Waals surface area contributed by atoms with Gasteiger partial charge in [-0.2, -0.15) is 11.8 Å². The number of carbonyl (C=O) groups excluding carboxylic acids is 1. The van der Waals surface area contributed by atoms with Crippen LogP contribution in [0.25, 0.3) is 0 Å². The molecule has 11 heavy (non-hydrogen) atoms. The van der Waals surface area contributed by atoms with Crippen molar-refractivity contribution in [2.24, 2.45) is 0 Å². The van der Waals surface area contributed by atoms with Crippen LogP contribution in [0.1, 0.15) is 26.7 Å². The highest BCUT2D eigenvalue weighted by Crippen LogP contribution is 1.98. The summed E-state index contributed by atoms with van der Waals surface area (Å²) in [4.78, 5) is 10.8. The van der Waals surface area contributed by atoms with Crippen molar-refractivity contribution in [3.8, 4) is 0 Å². The number of hydrogen-bond acceptors (Lipinski definition) is 3. The molecule has 0 saturated carbocycles. The number of hydrogen-bond donors (Lipinski definition) is 0. The molecule has 0 rings (SSSR count). The van der Waals surface area contributed by atoms with Gasteiger partial charge in [0.1, 0.15) is 6.61 Å². The Balaban J connectivity index is 3.04. The molecule has 0 saturated heterocycles. The molecular weight excluding hydrogens is 160 g/mol. The Morgan fingerprint density at radius 2 is 2.18 bits per heavy atom. The van der Waals surface area contributed by atoms with Crippen LogP contribution in [-0.2, 0) is 9.53 Å². The first-order valence-electron chi connectivity index (χ1n) is 4.04. The van der Waals surface area contributed by atoms with Crippen LogP contribution in [0.5, 0.6) is 0 Å². The van der Waals surface area contributed by atoms with Crippen LogP contribution < -0.4 is 0 Å². The maximum atomic E-state index is 10.8. The summed E-state index contributed by atoms with van der Waals surface area (Å²) in [5.74, 6) is 1.95. The van der Waals surface area contributed by atoms with Gasteiger partial charge in [-0.15, -0.1) is 0 Å². The van der Waals surface area contributed by atoms with E-state index >= 15 is 0 Å². The van der Waals surface area contributed by atoms with Gasteiger partial charge in [0.05, 0.1) is 0 Å². The third-order valence-corrected chi connectivity index (χ3v) is 2.01. The van der Waals surface area contributed by atoms with E-state index in [-0.39, 0.29) is 5.97 Å². The number of rotatable bonds is 6. The van der Waals surface area contributed by atoms with Gasteiger partial charge < -0.3 is 4.74 Å².